The molecule has 0 N–H and O–H groups in total. The lowest BCUT2D eigenvalue weighted by Crippen LogP contribution is -2.53. The molecule has 0 amide bonds. The van der Waals surface area contributed by atoms with Gasteiger partial charge in [-0.05, 0) is 127 Å². The Morgan fingerprint density at radius 3 is 2.52 bits per heavy atom. The van der Waals surface area contributed by atoms with E-state index in [1.807, 2.05) is 17.0 Å². The Morgan fingerprint density at radius 2 is 1.82 bits per heavy atom. The molecule has 4 aliphatic carbocycles. The van der Waals surface area contributed by atoms with Crippen molar-refractivity contribution in [2.75, 3.05) is 12.5 Å². The molecule has 6 heteroatoms. The number of allylic oxidation sites excluding steroid dienone is 1. The second kappa shape index (κ2) is 12.0. The van der Waals surface area contributed by atoms with Gasteiger partial charge >= 0.3 is 0 Å². The zero-order valence-corrected chi connectivity index (χ0v) is 27.0. The van der Waals surface area contributed by atoms with Gasteiger partial charge < -0.3 is 0 Å². The summed E-state index contributed by atoms with van der Waals surface area (Å²) in [4.78, 5) is 16.0. The van der Waals surface area contributed by atoms with Crippen molar-refractivity contribution in [1.82, 2.24) is 15.0 Å². The SMILES string of the molecule is C=CC(=C)SC.CSc1ccc2nnn(CC(=O)C3CCC4C5CCC6CC(C)CCC6(C)C5CCC34C)c2c1. The van der Waals surface area contributed by atoms with Crippen molar-refractivity contribution in [3.63, 3.8) is 0 Å². The van der Waals surface area contributed by atoms with Gasteiger partial charge in [0.15, 0.2) is 5.78 Å². The summed E-state index contributed by atoms with van der Waals surface area (Å²) < 4.78 is 1.86. The molecule has 0 aliphatic heterocycles. The molecule has 4 aliphatic rings. The maximum absolute atomic E-state index is 13.8. The van der Waals surface area contributed by atoms with Gasteiger partial charge in [-0.2, -0.15) is 0 Å². The summed E-state index contributed by atoms with van der Waals surface area (Å²) in [6, 6.07) is 6.23. The molecule has 4 nitrogen and oxygen atoms in total. The number of ketones is 1. The number of nitrogens with zero attached hydrogens (tertiary/aromatic N) is 3. The number of benzene rings is 1. The van der Waals surface area contributed by atoms with Gasteiger partial charge in [-0.3, -0.25) is 4.79 Å². The van der Waals surface area contributed by atoms with E-state index in [9.17, 15) is 4.79 Å². The van der Waals surface area contributed by atoms with Crippen molar-refractivity contribution in [1.29, 1.82) is 0 Å². The van der Waals surface area contributed by atoms with Gasteiger partial charge in [-0.1, -0.05) is 51.6 Å². The monoisotopic (exact) mass is 579 g/mol. The van der Waals surface area contributed by atoms with Crippen LogP contribution in [-0.2, 0) is 11.3 Å². The highest BCUT2D eigenvalue weighted by molar-refractivity contribution is 8.02. The first-order valence-corrected chi connectivity index (χ1v) is 17.8. The Labute approximate surface area is 250 Å². The van der Waals surface area contributed by atoms with Crippen molar-refractivity contribution in [3.05, 3.63) is 42.3 Å². The van der Waals surface area contributed by atoms with Crippen LogP contribution in [0, 0.1) is 46.3 Å². The van der Waals surface area contributed by atoms with Crippen LogP contribution in [0.1, 0.15) is 78.6 Å². The van der Waals surface area contributed by atoms with Gasteiger partial charge in [0.2, 0.25) is 0 Å². The van der Waals surface area contributed by atoms with Crippen LogP contribution in [0.3, 0.4) is 0 Å². The molecule has 0 radical (unpaired) electrons. The number of aromatic nitrogens is 3. The van der Waals surface area contributed by atoms with Gasteiger partial charge in [-0.25, -0.2) is 4.68 Å². The van der Waals surface area contributed by atoms with Crippen molar-refractivity contribution in [2.45, 2.75) is 90.0 Å². The smallest absolute Gasteiger partial charge is 0.157 e. The molecule has 0 bridgehead atoms. The molecule has 4 fully saturated rings. The fourth-order valence-electron chi connectivity index (χ4n) is 9.53. The second-order valence-corrected chi connectivity index (χ2v) is 15.5. The predicted octanol–water partition coefficient (Wildman–Crippen LogP) is 9.07. The highest BCUT2D eigenvalue weighted by Crippen LogP contribution is 2.67. The molecule has 4 saturated carbocycles. The van der Waals surface area contributed by atoms with Gasteiger partial charge in [0.1, 0.15) is 12.1 Å². The summed E-state index contributed by atoms with van der Waals surface area (Å²) in [7, 11) is 0. The highest BCUT2D eigenvalue weighted by Gasteiger charge is 2.60. The Bertz CT molecular complexity index is 1260. The highest BCUT2D eigenvalue weighted by atomic mass is 32.2. The molecule has 1 aromatic carbocycles. The summed E-state index contributed by atoms with van der Waals surface area (Å²) in [5, 5.41) is 8.70. The van der Waals surface area contributed by atoms with Crippen LogP contribution in [0.25, 0.3) is 11.0 Å². The quantitative estimate of drug-likeness (QED) is 0.252. The normalized spacial score (nSPS) is 36.5. The first kappa shape index (κ1) is 29.9. The molecule has 6 rings (SSSR count). The standard InChI is InChI=1S/C29H41N3OS.C5H8S/c1-18-11-13-28(2)19(15-18)5-7-21-22-8-9-24(29(22,3)14-12-23(21)28)27(33)17-32-26-16-20(34-4)6-10-25(26)30-31-32;1-4-5(2)6-3/h6,10,16,18-19,21-24H,5,7-9,11-15,17H2,1-4H3;4H,1-2H2,3H3. The molecular formula is C34H49N3OS2. The van der Waals surface area contributed by atoms with Crippen LogP contribution >= 0.6 is 23.5 Å². The third-order valence-electron chi connectivity index (χ3n) is 11.8. The molecule has 8 atom stereocenters. The predicted molar refractivity (Wildman–Crippen MR) is 172 cm³/mol. The first-order chi connectivity index (χ1) is 19.1. The Morgan fingerprint density at radius 1 is 1.07 bits per heavy atom. The number of fused-ring (bicyclic) bond motifs is 6. The summed E-state index contributed by atoms with van der Waals surface area (Å²) in [6.07, 6.45) is 17.8. The van der Waals surface area contributed by atoms with Crippen molar-refractivity contribution >= 4 is 40.3 Å². The molecule has 0 saturated heterocycles. The van der Waals surface area contributed by atoms with E-state index in [1.165, 1.54) is 56.3 Å². The van der Waals surface area contributed by atoms with Crippen LogP contribution in [0.4, 0.5) is 0 Å². The average Bonchev–Trinajstić information content (AvgIpc) is 3.53. The van der Waals surface area contributed by atoms with Crippen LogP contribution in [-0.4, -0.2) is 33.3 Å². The van der Waals surface area contributed by atoms with Crippen molar-refractivity contribution in [2.24, 2.45) is 46.3 Å². The topological polar surface area (TPSA) is 47.8 Å². The van der Waals surface area contributed by atoms with E-state index in [1.54, 1.807) is 29.6 Å². The number of carbonyl (C=O) groups is 1. The summed E-state index contributed by atoms with van der Waals surface area (Å²) in [5.41, 5.74) is 2.59. The van der Waals surface area contributed by atoms with Gasteiger partial charge in [0.25, 0.3) is 0 Å². The fourth-order valence-corrected chi connectivity index (χ4v) is 10.1. The van der Waals surface area contributed by atoms with E-state index >= 15 is 0 Å². The van der Waals surface area contributed by atoms with Crippen LogP contribution in [0.15, 0.2) is 47.2 Å². The number of thioether (sulfide) groups is 2. The van der Waals surface area contributed by atoms with Gasteiger partial charge in [-0.15, -0.1) is 28.6 Å². The molecule has 1 heterocycles. The lowest BCUT2D eigenvalue weighted by atomic mass is 9.44. The Hall–Kier alpha value is -1.53. The van der Waals surface area contributed by atoms with Crippen molar-refractivity contribution in [3.8, 4) is 0 Å². The zero-order valence-electron chi connectivity index (χ0n) is 25.3. The van der Waals surface area contributed by atoms with E-state index in [0.29, 0.717) is 17.7 Å². The molecule has 1 aromatic heterocycles. The summed E-state index contributed by atoms with van der Waals surface area (Å²) in [6.45, 7) is 15.1. The minimum atomic E-state index is 0.171. The van der Waals surface area contributed by atoms with Gasteiger partial charge in [0.05, 0.1) is 5.52 Å². The summed E-state index contributed by atoms with van der Waals surface area (Å²) >= 11 is 3.33. The van der Waals surface area contributed by atoms with E-state index in [0.717, 1.165) is 51.9 Å². The minimum absolute atomic E-state index is 0.171. The van der Waals surface area contributed by atoms with Crippen LogP contribution < -0.4 is 0 Å². The van der Waals surface area contributed by atoms with Crippen LogP contribution in [0.5, 0.6) is 0 Å². The Kier molecular flexibility index (Phi) is 8.98. The number of hydrogen-bond donors (Lipinski definition) is 0. The summed E-state index contributed by atoms with van der Waals surface area (Å²) in [5.74, 6) is 4.86. The van der Waals surface area contributed by atoms with E-state index in [4.69, 9.17) is 0 Å². The lowest BCUT2D eigenvalue weighted by molar-refractivity contribution is -0.137. The maximum Gasteiger partial charge on any atom is 0.157 e. The second-order valence-electron chi connectivity index (χ2n) is 13.7. The third kappa shape index (κ3) is 5.37. The van der Waals surface area contributed by atoms with Crippen molar-refractivity contribution < 1.29 is 4.79 Å². The number of hydrogen-bond acceptors (Lipinski definition) is 5. The minimum Gasteiger partial charge on any atom is -0.297 e. The zero-order chi connectivity index (χ0) is 28.7. The third-order valence-corrected chi connectivity index (χ3v) is 13.2. The van der Waals surface area contributed by atoms with E-state index < -0.39 is 0 Å². The van der Waals surface area contributed by atoms with Crippen LogP contribution in [0.2, 0.25) is 0 Å². The fraction of sp³-hybridized carbons (Fsp3) is 0.676. The van der Waals surface area contributed by atoms with E-state index in [-0.39, 0.29) is 11.3 Å². The molecule has 0 spiro atoms. The number of carbonyl (C=O) groups excluding carboxylic acids is 1. The first-order valence-electron chi connectivity index (χ1n) is 15.4. The Balaban J connectivity index is 0.000000487. The average molecular weight is 580 g/mol. The lowest BCUT2D eigenvalue weighted by Gasteiger charge is -2.61. The maximum atomic E-state index is 13.8. The molecular weight excluding hydrogens is 531 g/mol. The molecule has 2 aromatic rings. The molecule has 218 valence electrons. The molecule has 40 heavy (non-hydrogen) atoms. The number of rotatable bonds is 6. The van der Waals surface area contributed by atoms with E-state index in [2.05, 4.69) is 62.6 Å². The largest absolute Gasteiger partial charge is 0.297 e. The number of Topliss-reactive ketones (excluding diaryl/α,β-unsaturated/α-hetero) is 1. The molecule has 8 unspecified atom stereocenters. The van der Waals surface area contributed by atoms with Gasteiger partial charge in [0, 0.05) is 10.8 Å².